The van der Waals surface area contributed by atoms with E-state index < -0.39 is 70.3 Å². The number of anilines is 2. The second-order valence-corrected chi connectivity index (χ2v) is 10.6. The molecule has 1 fully saturated rings. The van der Waals surface area contributed by atoms with Crippen molar-refractivity contribution in [2.75, 3.05) is 30.9 Å². The van der Waals surface area contributed by atoms with E-state index >= 15 is 0 Å². The summed E-state index contributed by atoms with van der Waals surface area (Å²) in [6, 6.07) is 1.52. The van der Waals surface area contributed by atoms with Gasteiger partial charge in [-0.15, -0.1) is 0 Å². The highest BCUT2D eigenvalue weighted by Gasteiger charge is 2.60. The van der Waals surface area contributed by atoms with Crippen molar-refractivity contribution >= 4 is 40.7 Å². The zero-order valence-electron chi connectivity index (χ0n) is 21.5. The summed E-state index contributed by atoms with van der Waals surface area (Å²) >= 11 is 0. The summed E-state index contributed by atoms with van der Waals surface area (Å²) in [5, 5.41) is 46.9. The molecule has 3 atom stereocenters. The van der Waals surface area contributed by atoms with Crippen LogP contribution in [0.4, 0.5) is 16.2 Å². The minimum absolute atomic E-state index is 0.0259. The van der Waals surface area contributed by atoms with Crippen molar-refractivity contribution in [3.63, 3.8) is 0 Å². The Balaban J connectivity index is 1.86. The fraction of sp³-hybridized carbons (Fsp3) is 0.462. The minimum atomic E-state index is -2.65. The second-order valence-electron chi connectivity index (χ2n) is 10.6. The molecule has 204 valence electrons. The number of amides is 2. The van der Waals surface area contributed by atoms with Crippen LogP contribution in [-0.2, 0) is 25.5 Å². The molecule has 1 aromatic rings. The fourth-order valence-electron chi connectivity index (χ4n) is 5.55. The van der Waals surface area contributed by atoms with E-state index in [0.29, 0.717) is 11.3 Å². The van der Waals surface area contributed by atoms with Gasteiger partial charge < -0.3 is 35.8 Å². The first-order valence-electron chi connectivity index (χ1n) is 12.2. The van der Waals surface area contributed by atoms with Crippen molar-refractivity contribution in [1.82, 2.24) is 0 Å². The first-order chi connectivity index (χ1) is 17.7. The molecule has 7 N–H and O–H groups in total. The quantitative estimate of drug-likeness (QED) is 0.241. The summed E-state index contributed by atoms with van der Waals surface area (Å²) in [6.07, 6.45) is -1.05. The molecule has 12 nitrogen and oxygen atoms in total. The van der Waals surface area contributed by atoms with Crippen LogP contribution in [-0.4, -0.2) is 70.3 Å². The molecule has 0 saturated heterocycles. The van der Waals surface area contributed by atoms with Crippen LogP contribution in [0.2, 0.25) is 0 Å². The van der Waals surface area contributed by atoms with Gasteiger partial charge in [-0.2, -0.15) is 0 Å². The monoisotopic (exact) mass is 529 g/mol. The number of aliphatic hydroxyl groups excluding tert-OH is 2. The first-order valence-corrected chi connectivity index (χ1v) is 12.2. The normalized spacial score (nSPS) is 24.6. The molecule has 38 heavy (non-hydrogen) atoms. The van der Waals surface area contributed by atoms with E-state index in [2.05, 4.69) is 5.32 Å². The highest BCUT2D eigenvalue weighted by Crippen LogP contribution is 2.54. The predicted octanol–water partition coefficient (Wildman–Crippen LogP) is 1.69. The van der Waals surface area contributed by atoms with Crippen molar-refractivity contribution in [2.45, 2.75) is 38.7 Å². The van der Waals surface area contributed by atoms with E-state index in [0.717, 1.165) is 0 Å². The Morgan fingerprint density at radius 2 is 1.87 bits per heavy atom. The van der Waals surface area contributed by atoms with Crippen LogP contribution in [0, 0.1) is 17.8 Å². The van der Waals surface area contributed by atoms with Crippen LogP contribution in [0.25, 0.3) is 5.76 Å². The lowest BCUT2D eigenvalue weighted by Crippen LogP contribution is -2.58. The van der Waals surface area contributed by atoms with Crippen LogP contribution in [0.3, 0.4) is 0 Å². The molecule has 1 aromatic carbocycles. The summed E-state index contributed by atoms with van der Waals surface area (Å²) in [5.41, 5.74) is 2.27. The smallest absolute Gasteiger partial charge is 0.411 e. The van der Waals surface area contributed by atoms with E-state index in [1.54, 1.807) is 19.0 Å². The molecule has 0 radical (unpaired) electrons. The lowest BCUT2D eigenvalue weighted by atomic mass is 9.59. The number of rotatable bonds is 5. The van der Waals surface area contributed by atoms with Crippen LogP contribution >= 0.6 is 0 Å². The summed E-state index contributed by atoms with van der Waals surface area (Å²) in [6.45, 7) is 3.85. The van der Waals surface area contributed by atoms with Gasteiger partial charge in [0.05, 0.1) is 17.9 Å². The molecule has 4 rings (SSSR count). The Morgan fingerprint density at radius 1 is 1.21 bits per heavy atom. The Kier molecular flexibility index (Phi) is 6.64. The van der Waals surface area contributed by atoms with Gasteiger partial charge in [0.2, 0.25) is 5.78 Å². The third-order valence-corrected chi connectivity index (χ3v) is 7.31. The Bertz CT molecular complexity index is 1330. The third kappa shape index (κ3) is 4.05. The molecule has 0 spiro atoms. The number of aliphatic hydroxyl groups is 3. The highest BCUT2D eigenvalue weighted by molar-refractivity contribution is 6.22. The number of phenolic OH excluding ortho intramolecular Hbond substituents is 1. The van der Waals surface area contributed by atoms with Gasteiger partial charge in [-0.1, -0.05) is 13.8 Å². The topological polar surface area (TPSA) is 200 Å². The molecule has 0 bridgehead atoms. The molecule has 3 aliphatic carbocycles. The van der Waals surface area contributed by atoms with Crippen molar-refractivity contribution in [1.29, 1.82) is 0 Å². The van der Waals surface area contributed by atoms with Gasteiger partial charge in [0.1, 0.15) is 17.1 Å². The number of fused-ring (bicyclic) bond motifs is 3. The van der Waals surface area contributed by atoms with Gasteiger partial charge in [0.15, 0.2) is 17.1 Å². The minimum Gasteiger partial charge on any atom is -0.508 e. The van der Waals surface area contributed by atoms with E-state index in [1.807, 2.05) is 13.8 Å². The number of hydrogen-bond donors (Lipinski definition) is 6. The summed E-state index contributed by atoms with van der Waals surface area (Å²) in [5.74, 6) is -7.10. The number of phenols is 1. The molecule has 2 amide bonds. The number of nitrogens with one attached hydrogen (secondary N) is 1. The molecular weight excluding hydrogens is 498 g/mol. The second kappa shape index (κ2) is 9.35. The molecule has 12 heteroatoms. The van der Waals surface area contributed by atoms with Crippen LogP contribution < -0.4 is 16.0 Å². The third-order valence-electron chi connectivity index (χ3n) is 7.31. The fourth-order valence-corrected chi connectivity index (χ4v) is 5.55. The van der Waals surface area contributed by atoms with E-state index in [9.17, 15) is 39.6 Å². The van der Waals surface area contributed by atoms with Gasteiger partial charge in [-0.3, -0.25) is 19.7 Å². The molecule has 0 aromatic heterocycles. The predicted molar refractivity (Wildman–Crippen MR) is 136 cm³/mol. The lowest BCUT2D eigenvalue weighted by Gasteiger charge is -2.46. The number of nitrogens with zero attached hydrogens (tertiary/aromatic N) is 1. The standard InChI is InChI=1S/C26H31N3O9/c1-10(2)9-38-25(36)28-14-8-15(29(3)4)13-6-11-5-12-7-16(30)19(24(27)35)23(34)26(12,37)22(33)17(11)21(32)18(13)20(14)31/h8,10-12,31-32,34,37H,5-7,9H2,1-4H3,(H2,27,35)(H,28,36)/t11-,12+,26+/m1/s1. The first kappa shape index (κ1) is 27.0. The van der Waals surface area contributed by atoms with Gasteiger partial charge >= 0.3 is 6.09 Å². The van der Waals surface area contributed by atoms with Crippen LogP contribution in [0.15, 0.2) is 23.0 Å². The highest BCUT2D eigenvalue weighted by atomic mass is 16.5. The number of ether oxygens (including phenoxy) is 1. The molecular formula is C26H31N3O9. The number of carbonyl (C=O) groups excluding carboxylic acids is 4. The van der Waals surface area contributed by atoms with Gasteiger partial charge in [0, 0.05) is 37.7 Å². The van der Waals surface area contributed by atoms with Gasteiger partial charge in [-0.25, -0.2) is 4.79 Å². The number of hydrogen-bond acceptors (Lipinski definition) is 10. The van der Waals surface area contributed by atoms with E-state index in [1.165, 1.54) is 6.07 Å². The number of benzene rings is 1. The van der Waals surface area contributed by atoms with Crippen molar-refractivity contribution < 1.29 is 44.3 Å². The summed E-state index contributed by atoms with van der Waals surface area (Å²) in [7, 11) is 3.45. The molecule has 1 saturated carbocycles. The Morgan fingerprint density at radius 3 is 2.45 bits per heavy atom. The van der Waals surface area contributed by atoms with Crippen molar-refractivity contribution in [3.05, 3.63) is 34.1 Å². The number of aromatic hydroxyl groups is 1. The zero-order valence-corrected chi connectivity index (χ0v) is 21.5. The SMILES string of the molecule is CC(C)COC(=O)Nc1cc(N(C)C)c2c(c1O)C(O)=C1C(=O)[C@]3(O)C(O)=C(C(N)=O)C(=O)C[C@@H]3C[C@@H]1C2. The van der Waals surface area contributed by atoms with Crippen LogP contribution in [0.5, 0.6) is 5.75 Å². The number of ketones is 2. The van der Waals surface area contributed by atoms with E-state index in [-0.39, 0.29) is 42.2 Å². The average molecular weight is 530 g/mol. The average Bonchev–Trinajstić information content (AvgIpc) is 2.81. The largest absolute Gasteiger partial charge is 0.508 e. The van der Waals surface area contributed by atoms with Crippen LogP contribution in [0.1, 0.15) is 37.8 Å². The number of nitrogens with two attached hydrogens (primary N) is 1. The Hall–Kier alpha value is -4.06. The molecule has 0 unspecified atom stereocenters. The molecule has 3 aliphatic rings. The number of carbonyl (C=O) groups is 4. The number of Topliss-reactive ketones (excluding diaryl/α,β-unsaturated/α-hetero) is 2. The van der Waals surface area contributed by atoms with Crippen molar-refractivity contribution in [3.8, 4) is 5.75 Å². The summed E-state index contributed by atoms with van der Waals surface area (Å²) in [4.78, 5) is 51.9. The maximum Gasteiger partial charge on any atom is 0.411 e. The van der Waals surface area contributed by atoms with Crippen molar-refractivity contribution in [2.24, 2.45) is 23.5 Å². The van der Waals surface area contributed by atoms with Gasteiger partial charge in [0.25, 0.3) is 5.91 Å². The maximum atomic E-state index is 13.7. The Labute approximate surface area is 218 Å². The molecule has 0 heterocycles. The number of primary amides is 1. The van der Waals surface area contributed by atoms with E-state index in [4.69, 9.17) is 10.5 Å². The summed E-state index contributed by atoms with van der Waals surface area (Å²) < 4.78 is 5.12. The maximum absolute atomic E-state index is 13.7. The lowest BCUT2D eigenvalue weighted by molar-refractivity contribution is -0.147. The van der Waals surface area contributed by atoms with Gasteiger partial charge in [-0.05, 0) is 36.3 Å². The molecule has 0 aliphatic heterocycles. The zero-order chi connectivity index (χ0) is 28.3.